The Labute approximate surface area is 340 Å². The zero-order valence-electron chi connectivity index (χ0n) is 35.4. The monoisotopic (exact) mass is 771 g/mol. The van der Waals surface area contributed by atoms with E-state index in [1.807, 2.05) is 0 Å². The highest BCUT2D eigenvalue weighted by molar-refractivity contribution is 5.90. The van der Waals surface area contributed by atoms with Crippen molar-refractivity contribution in [2.24, 2.45) is 23.7 Å². The second-order valence-electron chi connectivity index (χ2n) is 16.7. The van der Waals surface area contributed by atoms with Crippen molar-refractivity contribution in [3.8, 4) is 11.5 Å². The summed E-state index contributed by atoms with van der Waals surface area (Å²) in [7, 11) is 0. The summed E-state index contributed by atoms with van der Waals surface area (Å²) in [6, 6.07) is 14.0. The van der Waals surface area contributed by atoms with E-state index < -0.39 is 24.1 Å². The second-order valence-corrected chi connectivity index (χ2v) is 16.7. The van der Waals surface area contributed by atoms with Crippen LogP contribution in [-0.2, 0) is 9.47 Å². The minimum absolute atomic E-state index is 0.418. The molecule has 6 nitrogen and oxygen atoms in total. The van der Waals surface area contributed by atoms with Gasteiger partial charge in [-0.05, 0) is 137 Å². The third-order valence-electron chi connectivity index (χ3n) is 12.2. The molecule has 0 unspecified atom stereocenters. The smallest absolute Gasteiger partial charge is 0.338 e. The predicted octanol–water partition coefficient (Wildman–Crippen LogP) is 13.7. The highest BCUT2D eigenvalue weighted by Gasteiger charge is 2.23. The van der Waals surface area contributed by atoms with Gasteiger partial charge in [-0.25, -0.2) is 9.59 Å². The van der Waals surface area contributed by atoms with Crippen LogP contribution in [0.1, 0.15) is 177 Å². The van der Waals surface area contributed by atoms with Crippen molar-refractivity contribution in [2.75, 3.05) is 13.2 Å². The Bertz CT molecular complexity index is 1300. The number of rotatable bonds is 25. The molecule has 0 radical (unpaired) electrons. The average molecular weight is 771 g/mol. The molecule has 2 atom stereocenters. The number of carbonyl (C=O) groups is 2. The number of hydrogen-bond donors (Lipinski definition) is 0. The molecular weight excluding hydrogens is 697 g/mol. The Morgan fingerprint density at radius 2 is 0.893 bits per heavy atom. The van der Waals surface area contributed by atoms with E-state index in [9.17, 15) is 9.59 Å². The summed E-state index contributed by atoms with van der Waals surface area (Å²) in [5.74, 6) is 3.61. The summed E-state index contributed by atoms with van der Waals surface area (Å²) in [5.41, 5.74) is 0.836. The molecule has 0 N–H and O–H groups in total. The molecular formula is C50H74O6. The van der Waals surface area contributed by atoms with Crippen molar-refractivity contribution in [2.45, 2.75) is 168 Å². The van der Waals surface area contributed by atoms with Gasteiger partial charge >= 0.3 is 11.9 Å². The summed E-state index contributed by atoms with van der Waals surface area (Å²) in [6.45, 7) is 9.03. The molecule has 2 aliphatic carbocycles. The Morgan fingerprint density at radius 3 is 1.25 bits per heavy atom. The molecule has 2 saturated carbocycles. The van der Waals surface area contributed by atoms with Crippen LogP contribution in [0, 0.1) is 23.7 Å². The first-order valence-electron chi connectivity index (χ1n) is 22.6. The lowest BCUT2D eigenvalue weighted by Crippen LogP contribution is -2.30. The van der Waals surface area contributed by atoms with E-state index in [1.165, 1.54) is 128 Å². The first-order chi connectivity index (χ1) is 27.3. The molecule has 0 saturated heterocycles. The zero-order chi connectivity index (χ0) is 39.8. The van der Waals surface area contributed by atoms with Gasteiger partial charge in [0.25, 0.3) is 0 Å². The molecule has 6 heteroatoms. The summed E-state index contributed by atoms with van der Waals surface area (Å²) >= 11 is 0. The zero-order valence-corrected chi connectivity index (χ0v) is 35.4. The predicted molar refractivity (Wildman–Crippen MR) is 230 cm³/mol. The highest BCUT2D eigenvalue weighted by Crippen LogP contribution is 2.34. The lowest BCUT2D eigenvalue weighted by molar-refractivity contribution is -0.0239. The number of ether oxygens (including phenoxy) is 4. The van der Waals surface area contributed by atoms with Crippen LogP contribution in [0.5, 0.6) is 11.5 Å². The lowest BCUT2D eigenvalue weighted by atomic mass is 9.79. The Balaban J connectivity index is 1.07. The van der Waals surface area contributed by atoms with Gasteiger partial charge in [0.1, 0.15) is 36.9 Å². The second kappa shape index (κ2) is 26.4. The number of carbonyl (C=O) groups excluding carboxylic acids is 2. The van der Waals surface area contributed by atoms with Crippen molar-refractivity contribution >= 4 is 11.9 Å². The van der Waals surface area contributed by atoms with Gasteiger partial charge in [-0.3, -0.25) is 0 Å². The summed E-state index contributed by atoms with van der Waals surface area (Å²) in [6.07, 6.45) is 34.7. The molecule has 2 aromatic carbocycles. The van der Waals surface area contributed by atoms with Crippen LogP contribution in [0.25, 0.3) is 0 Å². The SMILES string of the molecule is CCCCCCC[C@H]1CC[C@H](/C=C/COc2ccc(C(=O)O[C@H](C)[C@@H](C)OC(=O)c3ccc(OC/C=C/[C@H]4CC[C@H](CCCCCCC)CC4)cc3)cc2)CC1. The fraction of sp³-hybridized carbons (Fsp3) is 0.640. The van der Waals surface area contributed by atoms with Crippen LogP contribution < -0.4 is 9.47 Å². The van der Waals surface area contributed by atoms with Gasteiger partial charge in [-0.2, -0.15) is 0 Å². The fourth-order valence-corrected chi connectivity index (χ4v) is 8.24. The minimum Gasteiger partial charge on any atom is -0.490 e. The molecule has 56 heavy (non-hydrogen) atoms. The van der Waals surface area contributed by atoms with Gasteiger partial charge in [0.2, 0.25) is 0 Å². The maximum atomic E-state index is 12.9. The highest BCUT2D eigenvalue weighted by atomic mass is 16.6. The molecule has 0 aromatic heterocycles. The van der Waals surface area contributed by atoms with Gasteiger partial charge in [-0.15, -0.1) is 0 Å². The molecule has 4 rings (SSSR count). The van der Waals surface area contributed by atoms with E-state index in [2.05, 4.69) is 38.2 Å². The molecule has 0 heterocycles. The average Bonchev–Trinajstić information content (AvgIpc) is 3.22. The van der Waals surface area contributed by atoms with E-state index in [1.54, 1.807) is 62.4 Å². The van der Waals surface area contributed by atoms with Gasteiger partial charge in [-0.1, -0.05) is 115 Å². The molecule has 2 aromatic rings. The third-order valence-corrected chi connectivity index (χ3v) is 12.2. The molecule has 0 spiro atoms. The van der Waals surface area contributed by atoms with Crippen LogP contribution in [0.3, 0.4) is 0 Å². The van der Waals surface area contributed by atoms with Gasteiger partial charge in [0, 0.05) is 0 Å². The quantitative estimate of drug-likeness (QED) is 0.0569. The van der Waals surface area contributed by atoms with E-state index in [0.29, 0.717) is 47.7 Å². The molecule has 0 aliphatic heterocycles. The maximum absolute atomic E-state index is 12.9. The Morgan fingerprint density at radius 1 is 0.536 bits per heavy atom. The molecule has 310 valence electrons. The number of allylic oxidation sites excluding steroid dienone is 2. The molecule has 0 amide bonds. The van der Waals surface area contributed by atoms with E-state index in [4.69, 9.17) is 18.9 Å². The Hall–Kier alpha value is -3.54. The van der Waals surface area contributed by atoms with Crippen LogP contribution in [0.15, 0.2) is 72.8 Å². The van der Waals surface area contributed by atoms with E-state index in [0.717, 1.165) is 11.8 Å². The number of unbranched alkanes of at least 4 members (excludes halogenated alkanes) is 8. The van der Waals surface area contributed by atoms with Crippen molar-refractivity contribution < 1.29 is 28.5 Å². The van der Waals surface area contributed by atoms with Gasteiger partial charge < -0.3 is 18.9 Å². The standard InChI is InChI=1S/C50H74O6/c1-5-7-9-11-13-17-41-21-25-43(26-22-41)19-15-37-53-47-33-29-45(30-34-47)49(51)55-39(3)40(4)56-50(52)46-31-35-48(36-32-46)54-38-16-20-44-27-23-42(24-28-44)18-14-12-10-8-6-2/h15-16,19-20,29-36,39-44H,5-14,17-18,21-28,37-38H2,1-4H3/b19-15+,20-16+/t39-,40-,41-,42-,43-,44-/m1/s1. The normalized spacial score (nSPS) is 21.1. The first-order valence-corrected chi connectivity index (χ1v) is 22.6. The number of esters is 2. The first kappa shape index (κ1) is 45.2. The third kappa shape index (κ3) is 17.3. The minimum atomic E-state index is -0.631. The topological polar surface area (TPSA) is 71.1 Å². The van der Waals surface area contributed by atoms with Crippen LogP contribution in [0.4, 0.5) is 0 Å². The van der Waals surface area contributed by atoms with E-state index >= 15 is 0 Å². The number of hydrogen-bond acceptors (Lipinski definition) is 6. The summed E-state index contributed by atoms with van der Waals surface area (Å²) in [4.78, 5) is 25.7. The number of benzene rings is 2. The van der Waals surface area contributed by atoms with Crippen molar-refractivity contribution in [1.82, 2.24) is 0 Å². The van der Waals surface area contributed by atoms with Gasteiger partial charge in [0.05, 0.1) is 11.1 Å². The van der Waals surface area contributed by atoms with E-state index in [-0.39, 0.29) is 0 Å². The van der Waals surface area contributed by atoms with Gasteiger partial charge in [0.15, 0.2) is 0 Å². The molecule has 2 fully saturated rings. The maximum Gasteiger partial charge on any atom is 0.338 e. The molecule has 2 aliphatic rings. The largest absolute Gasteiger partial charge is 0.490 e. The van der Waals surface area contributed by atoms with Crippen molar-refractivity contribution in [1.29, 1.82) is 0 Å². The van der Waals surface area contributed by atoms with Crippen molar-refractivity contribution in [3.05, 3.63) is 84.0 Å². The van der Waals surface area contributed by atoms with Crippen LogP contribution in [0.2, 0.25) is 0 Å². The fourth-order valence-electron chi connectivity index (χ4n) is 8.24. The summed E-state index contributed by atoms with van der Waals surface area (Å²) < 4.78 is 23.1. The lowest BCUT2D eigenvalue weighted by Gasteiger charge is -2.26. The summed E-state index contributed by atoms with van der Waals surface area (Å²) in [5, 5.41) is 0. The van der Waals surface area contributed by atoms with Crippen LogP contribution >= 0.6 is 0 Å². The Kier molecular flexibility index (Phi) is 21.3. The molecule has 0 bridgehead atoms. The van der Waals surface area contributed by atoms with Crippen LogP contribution in [-0.4, -0.2) is 37.4 Å². The van der Waals surface area contributed by atoms with Crippen molar-refractivity contribution in [3.63, 3.8) is 0 Å².